The summed E-state index contributed by atoms with van der Waals surface area (Å²) >= 11 is 6.23. The van der Waals surface area contributed by atoms with Crippen molar-refractivity contribution in [1.29, 1.82) is 0 Å². The fourth-order valence-electron chi connectivity index (χ4n) is 3.77. The van der Waals surface area contributed by atoms with Crippen LogP contribution in [0.25, 0.3) is 5.65 Å². The number of pyridine rings is 1. The minimum absolute atomic E-state index is 0.0703. The Hall–Kier alpha value is -2.08. The van der Waals surface area contributed by atoms with Crippen LogP contribution < -0.4 is 0 Å². The molecule has 4 heterocycles. The van der Waals surface area contributed by atoms with Crippen molar-refractivity contribution in [3.05, 3.63) is 35.2 Å². The van der Waals surface area contributed by atoms with Crippen molar-refractivity contribution in [3.63, 3.8) is 0 Å². The van der Waals surface area contributed by atoms with Gasteiger partial charge in [0.15, 0.2) is 10.8 Å². The van der Waals surface area contributed by atoms with Gasteiger partial charge in [-0.05, 0) is 25.0 Å². The average Bonchev–Trinajstić information content (AvgIpc) is 3.03. The van der Waals surface area contributed by atoms with Crippen LogP contribution in [-0.2, 0) is 4.79 Å². The number of likely N-dealkylation sites (N-methyl/N-ethyl adjacent to an activating group) is 1. The number of nitrogens with zero attached hydrogens (tertiary/aromatic N) is 4. The molecule has 7 heteroatoms. The number of carbonyl (C=O) groups is 2. The lowest BCUT2D eigenvalue weighted by molar-refractivity contribution is -0.130. The third-order valence-electron chi connectivity index (χ3n) is 4.88. The summed E-state index contributed by atoms with van der Waals surface area (Å²) in [5.41, 5.74) is 1.03. The van der Waals surface area contributed by atoms with Crippen LogP contribution in [0.2, 0.25) is 5.15 Å². The first-order valence-electron chi connectivity index (χ1n) is 7.76. The van der Waals surface area contributed by atoms with Crippen LogP contribution in [0, 0.1) is 5.92 Å². The first kappa shape index (κ1) is 14.5. The SMILES string of the molecule is CN1C[C@@H]2[C@@H](CCCN2C(=O)c2c(Cl)nc3ccccn23)C1=O. The van der Waals surface area contributed by atoms with Gasteiger partial charge in [0.25, 0.3) is 5.91 Å². The van der Waals surface area contributed by atoms with E-state index >= 15 is 0 Å². The van der Waals surface area contributed by atoms with Crippen LogP contribution in [0.4, 0.5) is 0 Å². The number of halogens is 1. The van der Waals surface area contributed by atoms with E-state index in [9.17, 15) is 9.59 Å². The number of amides is 2. The van der Waals surface area contributed by atoms with Gasteiger partial charge in [-0.2, -0.15) is 0 Å². The van der Waals surface area contributed by atoms with Gasteiger partial charge in [-0.3, -0.25) is 14.0 Å². The molecule has 2 amide bonds. The number of carbonyl (C=O) groups excluding carboxylic acids is 2. The lowest BCUT2D eigenvalue weighted by Crippen LogP contribution is -2.49. The Balaban J connectivity index is 1.73. The van der Waals surface area contributed by atoms with Crippen molar-refractivity contribution in [1.82, 2.24) is 19.2 Å². The Morgan fingerprint density at radius 1 is 1.39 bits per heavy atom. The van der Waals surface area contributed by atoms with Crippen LogP contribution in [0.15, 0.2) is 24.4 Å². The second-order valence-corrected chi connectivity index (χ2v) is 6.57. The van der Waals surface area contributed by atoms with Crippen molar-refractivity contribution in [3.8, 4) is 0 Å². The molecule has 2 aliphatic heterocycles. The van der Waals surface area contributed by atoms with Gasteiger partial charge < -0.3 is 9.80 Å². The molecule has 2 atom stereocenters. The number of aromatic nitrogens is 2. The molecule has 0 saturated carbocycles. The van der Waals surface area contributed by atoms with Crippen molar-refractivity contribution in [2.75, 3.05) is 20.1 Å². The third kappa shape index (κ3) is 2.12. The predicted octanol–water partition coefficient (Wildman–Crippen LogP) is 1.68. The van der Waals surface area contributed by atoms with E-state index < -0.39 is 0 Å². The van der Waals surface area contributed by atoms with Gasteiger partial charge in [0.05, 0.1) is 12.0 Å². The van der Waals surface area contributed by atoms with Gasteiger partial charge in [-0.1, -0.05) is 17.7 Å². The molecule has 2 aliphatic rings. The Bertz CT molecular complexity index is 802. The topological polar surface area (TPSA) is 57.9 Å². The molecule has 2 saturated heterocycles. The van der Waals surface area contributed by atoms with Crippen LogP contribution in [0.1, 0.15) is 23.3 Å². The van der Waals surface area contributed by atoms with Gasteiger partial charge in [-0.15, -0.1) is 0 Å². The number of hydrogen-bond acceptors (Lipinski definition) is 3. The minimum atomic E-state index is -0.147. The average molecular weight is 333 g/mol. The molecule has 0 N–H and O–H groups in total. The fraction of sp³-hybridized carbons (Fsp3) is 0.438. The molecule has 0 spiro atoms. The standard InChI is InChI=1S/C16H17ClN4O2/c1-19-9-11-10(15(19)22)5-4-8-20(11)16(23)13-14(17)18-12-6-2-3-7-21(12)13/h2-3,6-7,10-11H,4-5,8-9H2,1H3/t10-,11-/m1/s1. The zero-order valence-corrected chi connectivity index (χ0v) is 13.5. The summed E-state index contributed by atoms with van der Waals surface area (Å²) in [6.07, 6.45) is 3.47. The van der Waals surface area contributed by atoms with E-state index in [1.54, 1.807) is 27.4 Å². The van der Waals surface area contributed by atoms with Crippen molar-refractivity contribution >= 4 is 29.1 Å². The molecule has 2 fully saturated rings. The van der Waals surface area contributed by atoms with E-state index in [2.05, 4.69) is 4.98 Å². The molecule has 0 unspecified atom stereocenters. The molecular formula is C16H17ClN4O2. The van der Waals surface area contributed by atoms with Crippen LogP contribution in [0.5, 0.6) is 0 Å². The first-order valence-corrected chi connectivity index (χ1v) is 8.14. The number of piperidine rings is 1. The highest BCUT2D eigenvalue weighted by molar-refractivity contribution is 6.32. The maximum Gasteiger partial charge on any atom is 0.274 e. The molecule has 0 bridgehead atoms. The summed E-state index contributed by atoms with van der Waals surface area (Å²) in [7, 11) is 1.80. The van der Waals surface area contributed by atoms with E-state index in [0.29, 0.717) is 24.4 Å². The van der Waals surface area contributed by atoms with Crippen molar-refractivity contribution in [2.24, 2.45) is 5.92 Å². The first-order chi connectivity index (χ1) is 11.1. The van der Waals surface area contributed by atoms with Gasteiger partial charge in [0.2, 0.25) is 5.91 Å². The molecule has 2 aromatic heterocycles. The number of likely N-dealkylation sites (tertiary alicyclic amines) is 2. The highest BCUT2D eigenvalue weighted by Crippen LogP contribution is 2.32. The van der Waals surface area contributed by atoms with E-state index in [4.69, 9.17) is 11.6 Å². The molecule has 120 valence electrons. The summed E-state index contributed by atoms with van der Waals surface area (Å²) in [5.74, 6) is -0.0982. The minimum Gasteiger partial charge on any atom is -0.343 e. The molecule has 2 aromatic rings. The lowest BCUT2D eigenvalue weighted by atomic mass is 9.91. The van der Waals surface area contributed by atoms with Crippen molar-refractivity contribution in [2.45, 2.75) is 18.9 Å². The van der Waals surface area contributed by atoms with E-state index in [-0.39, 0.29) is 28.9 Å². The number of hydrogen-bond donors (Lipinski definition) is 0. The largest absolute Gasteiger partial charge is 0.343 e. The van der Waals surface area contributed by atoms with Gasteiger partial charge in [0.1, 0.15) is 5.65 Å². The summed E-state index contributed by atoms with van der Waals surface area (Å²) < 4.78 is 1.72. The molecule has 0 radical (unpaired) electrons. The third-order valence-corrected chi connectivity index (χ3v) is 5.15. The Kier molecular flexibility index (Phi) is 3.30. The van der Waals surface area contributed by atoms with Gasteiger partial charge >= 0.3 is 0 Å². The number of imidazole rings is 1. The Morgan fingerprint density at radius 3 is 3.04 bits per heavy atom. The summed E-state index contributed by atoms with van der Waals surface area (Å²) in [5, 5.41) is 0.209. The summed E-state index contributed by atoms with van der Waals surface area (Å²) in [6.45, 7) is 1.24. The Labute approximate surface area is 138 Å². The van der Waals surface area contributed by atoms with Crippen molar-refractivity contribution < 1.29 is 9.59 Å². The normalized spacial score (nSPS) is 24.3. The maximum absolute atomic E-state index is 13.1. The quantitative estimate of drug-likeness (QED) is 0.798. The zero-order valence-electron chi connectivity index (χ0n) is 12.8. The fourth-order valence-corrected chi connectivity index (χ4v) is 4.03. The summed E-state index contributed by atoms with van der Waals surface area (Å²) in [6, 6.07) is 5.44. The highest BCUT2D eigenvalue weighted by atomic mass is 35.5. The van der Waals surface area contributed by atoms with E-state index in [1.165, 1.54) is 0 Å². The van der Waals surface area contributed by atoms with E-state index in [1.807, 2.05) is 18.2 Å². The van der Waals surface area contributed by atoms with Crippen LogP contribution in [-0.4, -0.2) is 57.2 Å². The Morgan fingerprint density at radius 2 is 2.22 bits per heavy atom. The predicted molar refractivity (Wildman–Crippen MR) is 85.4 cm³/mol. The maximum atomic E-state index is 13.1. The van der Waals surface area contributed by atoms with E-state index in [0.717, 1.165) is 12.8 Å². The monoisotopic (exact) mass is 332 g/mol. The summed E-state index contributed by atoms with van der Waals surface area (Å²) in [4.78, 5) is 33.1. The second kappa shape index (κ2) is 5.23. The van der Waals surface area contributed by atoms with Crippen LogP contribution in [0.3, 0.4) is 0 Å². The van der Waals surface area contributed by atoms with Crippen LogP contribution >= 0.6 is 11.6 Å². The molecule has 0 aromatic carbocycles. The molecule has 6 nitrogen and oxygen atoms in total. The second-order valence-electron chi connectivity index (χ2n) is 6.21. The number of rotatable bonds is 1. The smallest absolute Gasteiger partial charge is 0.274 e. The molecule has 0 aliphatic carbocycles. The number of fused-ring (bicyclic) bond motifs is 2. The molecule has 23 heavy (non-hydrogen) atoms. The lowest BCUT2D eigenvalue weighted by Gasteiger charge is -2.35. The highest BCUT2D eigenvalue weighted by Gasteiger charge is 2.46. The van der Waals surface area contributed by atoms with Gasteiger partial charge in [0, 0.05) is 26.3 Å². The van der Waals surface area contributed by atoms with Gasteiger partial charge in [-0.25, -0.2) is 4.98 Å². The molecule has 4 rings (SSSR count). The molecular weight excluding hydrogens is 316 g/mol. The zero-order chi connectivity index (χ0) is 16.1.